The molecule has 2 N–H and O–H groups in total. The molecule has 1 atom stereocenters. The molecule has 15 heavy (non-hydrogen) atoms. The van der Waals surface area contributed by atoms with Crippen LogP contribution in [-0.4, -0.2) is 29.9 Å². The number of carbonyl (C=O) groups is 1. The molecule has 0 saturated heterocycles. The number of carbonyl (C=O) groups excluding carboxylic acids is 1. The first-order valence-electron chi connectivity index (χ1n) is 5.13. The zero-order chi connectivity index (χ0) is 11.9. The third-order valence-corrected chi connectivity index (χ3v) is 1.87. The van der Waals surface area contributed by atoms with Crippen molar-refractivity contribution in [1.29, 1.82) is 0 Å². The summed E-state index contributed by atoms with van der Waals surface area (Å²) < 4.78 is 0. The Bertz CT molecular complexity index is 221. The van der Waals surface area contributed by atoms with E-state index in [9.17, 15) is 4.79 Å². The van der Waals surface area contributed by atoms with Gasteiger partial charge in [0, 0.05) is 18.0 Å². The monoisotopic (exact) mass is 232 g/mol. The summed E-state index contributed by atoms with van der Waals surface area (Å²) in [4.78, 5) is 11.6. The van der Waals surface area contributed by atoms with Crippen molar-refractivity contribution in [2.75, 3.05) is 12.4 Å². The molecule has 3 nitrogen and oxygen atoms in total. The summed E-state index contributed by atoms with van der Waals surface area (Å²) in [6, 6.07) is -0.191. The fourth-order valence-electron chi connectivity index (χ4n) is 0.962. The highest BCUT2D eigenvalue weighted by Gasteiger charge is 2.17. The van der Waals surface area contributed by atoms with E-state index in [0.717, 1.165) is 0 Å². The van der Waals surface area contributed by atoms with E-state index in [0.29, 0.717) is 12.4 Å². The van der Waals surface area contributed by atoms with Gasteiger partial charge in [0.05, 0.1) is 6.04 Å². The van der Waals surface area contributed by atoms with Crippen LogP contribution in [0, 0.1) is 0 Å². The molecule has 0 aliphatic rings. The van der Waals surface area contributed by atoms with Gasteiger partial charge in [0.25, 0.3) is 0 Å². The molecule has 1 amide bonds. The van der Waals surface area contributed by atoms with Crippen LogP contribution in [-0.2, 0) is 4.79 Å². The standard InChI is InChI=1S/C11H21ClN2O/c1-9(13-8-6-5-7-12)10(15)14-11(2,3)4/h5-6,9,13H,7-8H2,1-4H3,(H,14,15)/b6-5+. The van der Waals surface area contributed by atoms with Gasteiger partial charge >= 0.3 is 0 Å². The van der Waals surface area contributed by atoms with Crippen LogP contribution in [0.25, 0.3) is 0 Å². The molecular formula is C11H21ClN2O. The molecule has 0 aliphatic heterocycles. The highest BCUT2D eigenvalue weighted by Crippen LogP contribution is 1.99. The van der Waals surface area contributed by atoms with Crippen LogP contribution in [0.2, 0.25) is 0 Å². The number of allylic oxidation sites excluding steroid dienone is 1. The molecule has 0 aromatic heterocycles. The first-order valence-corrected chi connectivity index (χ1v) is 5.66. The number of alkyl halides is 1. The fourth-order valence-corrected chi connectivity index (χ4v) is 1.09. The molecule has 88 valence electrons. The van der Waals surface area contributed by atoms with Crippen molar-refractivity contribution in [1.82, 2.24) is 10.6 Å². The number of nitrogens with one attached hydrogen (secondary N) is 2. The first kappa shape index (κ1) is 14.5. The van der Waals surface area contributed by atoms with Gasteiger partial charge in [-0.3, -0.25) is 4.79 Å². The van der Waals surface area contributed by atoms with Gasteiger partial charge in [-0.05, 0) is 27.7 Å². The maximum atomic E-state index is 11.6. The highest BCUT2D eigenvalue weighted by molar-refractivity contribution is 6.18. The van der Waals surface area contributed by atoms with Crippen molar-refractivity contribution in [2.24, 2.45) is 0 Å². The smallest absolute Gasteiger partial charge is 0.237 e. The maximum absolute atomic E-state index is 11.6. The predicted molar refractivity (Wildman–Crippen MR) is 65.2 cm³/mol. The number of hydrogen-bond acceptors (Lipinski definition) is 2. The largest absolute Gasteiger partial charge is 0.350 e. The third kappa shape index (κ3) is 8.45. The van der Waals surface area contributed by atoms with E-state index in [1.165, 1.54) is 0 Å². The summed E-state index contributed by atoms with van der Waals surface area (Å²) in [5.74, 6) is 0.520. The van der Waals surface area contributed by atoms with E-state index in [1.807, 2.05) is 39.8 Å². The van der Waals surface area contributed by atoms with E-state index < -0.39 is 0 Å². The lowest BCUT2D eigenvalue weighted by Crippen LogP contribution is -2.49. The summed E-state index contributed by atoms with van der Waals surface area (Å²) in [7, 11) is 0. The highest BCUT2D eigenvalue weighted by atomic mass is 35.5. The predicted octanol–water partition coefficient (Wildman–Crippen LogP) is 1.67. The molecule has 4 heteroatoms. The average molecular weight is 233 g/mol. The van der Waals surface area contributed by atoms with E-state index in [2.05, 4.69) is 10.6 Å². The number of rotatable bonds is 5. The molecule has 0 fully saturated rings. The fraction of sp³-hybridized carbons (Fsp3) is 0.727. The van der Waals surface area contributed by atoms with Gasteiger partial charge in [-0.2, -0.15) is 0 Å². The Morgan fingerprint density at radius 3 is 2.47 bits per heavy atom. The number of hydrogen-bond donors (Lipinski definition) is 2. The summed E-state index contributed by atoms with van der Waals surface area (Å²) in [6.07, 6.45) is 3.76. The molecule has 0 spiro atoms. The van der Waals surface area contributed by atoms with Gasteiger partial charge in [-0.25, -0.2) is 0 Å². The maximum Gasteiger partial charge on any atom is 0.237 e. The summed E-state index contributed by atoms with van der Waals surface area (Å²) in [6.45, 7) is 8.39. The van der Waals surface area contributed by atoms with Crippen LogP contribution in [0.15, 0.2) is 12.2 Å². The van der Waals surface area contributed by atoms with Gasteiger partial charge in [0.15, 0.2) is 0 Å². The van der Waals surface area contributed by atoms with E-state index in [1.54, 1.807) is 0 Å². The van der Waals surface area contributed by atoms with Gasteiger partial charge in [-0.15, -0.1) is 11.6 Å². The summed E-state index contributed by atoms with van der Waals surface area (Å²) >= 11 is 5.47. The van der Waals surface area contributed by atoms with Crippen LogP contribution in [0.1, 0.15) is 27.7 Å². The number of amides is 1. The van der Waals surface area contributed by atoms with Crippen LogP contribution < -0.4 is 10.6 Å². The molecular weight excluding hydrogens is 212 g/mol. The Morgan fingerprint density at radius 2 is 2.00 bits per heavy atom. The lowest BCUT2D eigenvalue weighted by molar-refractivity contribution is -0.124. The topological polar surface area (TPSA) is 41.1 Å². The van der Waals surface area contributed by atoms with Gasteiger partial charge in [-0.1, -0.05) is 12.2 Å². The molecule has 0 heterocycles. The Balaban J connectivity index is 3.84. The van der Waals surface area contributed by atoms with Crippen molar-refractivity contribution in [3.05, 3.63) is 12.2 Å². The molecule has 0 bridgehead atoms. The molecule has 1 unspecified atom stereocenters. The number of halogens is 1. The zero-order valence-electron chi connectivity index (χ0n) is 9.93. The van der Waals surface area contributed by atoms with Gasteiger partial charge in [0.2, 0.25) is 5.91 Å². The Kier molecular flexibility index (Phi) is 6.61. The molecule has 0 aromatic carbocycles. The van der Waals surface area contributed by atoms with Crippen LogP contribution in [0.3, 0.4) is 0 Å². The van der Waals surface area contributed by atoms with Crippen LogP contribution in [0.4, 0.5) is 0 Å². The van der Waals surface area contributed by atoms with E-state index in [4.69, 9.17) is 11.6 Å². The minimum atomic E-state index is -0.191. The first-order chi connectivity index (χ1) is 6.87. The van der Waals surface area contributed by atoms with Crippen molar-refractivity contribution >= 4 is 17.5 Å². The van der Waals surface area contributed by atoms with Gasteiger partial charge in [0.1, 0.15) is 0 Å². The molecule has 0 aromatic rings. The van der Waals surface area contributed by atoms with E-state index >= 15 is 0 Å². The SMILES string of the molecule is CC(NC/C=C/CCl)C(=O)NC(C)(C)C. The molecule has 0 aliphatic carbocycles. The lowest BCUT2D eigenvalue weighted by Gasteiger charge is -2.23. The average Bonchev–Trinajstić information content (AvgIpc) is 2.09. The van der Waals surface area contributed by atoms with Crippen molar-refractivity contribution < 1.29 is 4.79 Å². The molecule has 0 radical (unpaired) electrons. The molecule has 0 rings (SSSR count). The second kappa shape index (κ2) is 6.85. The minimum Gasteiger partial charge on any atom is -0.350 e. The Hall–Kier alpha value is -0.540. The van der Waals surface area contributed by atoms with E-state index in [-0.39, 0.29) is 17.5 Å². The Morgan fingerprint density at radius 1 is 1.40 bits per heavy atom. The van der Waals surface area contributed by atoms with Crippen LogP contribution in [0.5, 0.6) is 0 Å². The van der Waals surface area contributed by atoms with Gasteiger partial charge < -0.3 is 10.6 Å². The second-order valence-corrected chi connectivity index (χ2v) is 4.80. The Labute approximate surface area is 97.3 Å². The quantitative estimate of drug-likeness (QED) is 0.559. The van der Waals surface area contributed by atoms with Crippen molar-refractivity contribution in [3.63, 3.8) is 0 Å². The van der Waals surface area contributed by atoms with Crippen molar-refractivity contribution in [3.8, 4) is 0 Å². The van der Waals surface area contributed by atoms with Crippen LogP contribution >= 0.6 is 11.6 Å². The summed E-state index contributed by atoms with van der Waals surface area (Å²) in [5, 5.41) is 5.99. The lowest BCUT2D eigenvalue weighted by atomic mass is 10.1. The molecule has 0 saturated carbocycles. The van der Waals surface area contributed by atoms with Crippen molar-refractivity contribution in [2.45, 2.75) is 39.3 Å². The normalized spacial score (nSPS) is 14.2. The zero-order valence-corrected chi connectivity index (χ0v) is 10.7. The summed E-state index contributed by atoms with van der Waals surface area (Å²) in [5.41, 5.74) is -0.182. The third-order valence-electron chi connectivity index (χ3n) is 1.69. The minimum absolute atomic E-state index is 0.0155. The second-order valence-electron chi connectivity index (χ2n) is 4.49.